The maximum atomic E-state index is 3.55. The predicted octanol–water partition coefficient (Wildman–Crippen LogP) is 3.74. The summed E-state index contributed by atoms with van der Waals surface area (Å²) in [6.07, 6.45) is 10.1. The molecule has 1 fully saturated rings. The minimum Gasteiger partial charge on any atom is -0.315 e. The van der Waals surface area contributed by atoms with Gasteiger partial charge < -0.3 is 5.32 Å². The monoisotopic (exact) mass is 197 g/mol. The van der Waals surface area contributed by atoms with Crippen LogP contribution in [0.25, 0.3) is 0 Å². The summed E-state index contributed by atoms with van der Waals surface area (Å²) in [5, 5.41) is 3.55. The van der Waals surface area contributed by atoms with Crippen LogP contribution in [0.1, 0.15) is 65.7 Å². The van der Waals surface area contributed by atoms with Crippen LogP contribution in [0.5, 0.6) is 0 Å². The molecule has 1 rings (SSSR count). The van der Waals surface area contributed by atoms with Crippen LogP contribution in [0.3, 0.4) is 0 Å². The van der Waals surface area contributed by atoms with Gasteiger partial charge in [0.25, 0.3) is 0 Å². The highest BCUT2D eigenvalue weighted by Gasteiger charge is 2.29. The van der Waals surface area contributed by atoms with E-state index in [0.717, 1.165) is 0 Å². The fraction of sp³-hybridized carbons (Fsp3) is 1.00. The van der Waals surface area contributed by atoms with Crippen molar-refractivity contribution in [3.8, 4) is 0 Å². The lowest BCUT2D eigenvalue weighted by molar-refractivity contribution is 0.163. The summed E-state index contributed by atoms with van der Waals surface area (Å²) in [6, 6.07) is 0.646. The van der Waals surface area contributed by atoms with Crippen molar-refractivity contribution in [2.24, 2.45) is 5.41 Å². The Morgan fingerprint density at radius 1 is 1.14 bits per heavy atom. The molecule has 0 unspecified atom stereocenters. The Kier molecular flexibility index (Phi) is 4.94. The molecule has 0 saturated heterocycles. The second-order valence-corrected chi connectivity index (χ2v) is 5.27. The fourth-order valence-electron chi connectivity index (χ4n) is 2.71. The van der Waals surface area contributed by atoms with E-state index in [2.05, 4.69) is 26.1 Å². The second kappa shape index (κ2) is 5.75. The van der Waals surface area contributed by atoms with Gasteiger partial charge >= 0.3 is 0 Å². The molecule has 0 aromatic rings. The van der Waals surface area contributed by atoms with Gasteiger partial charge in [0.1, 0.15) is 0 Å². The van der Waals surface area contributed by atoms with Crippen molar-refractivity contribution in [1.29, 1.82) is 0 Å². The maximum absolute atomic E-state index is 3.55. The molecule has 1 aliphatic carbocycles. The van der Waals surface area contributed by atoms with Gasteiger partial charge in [-0.3, -0.25) is 0 Å². The van der Waals surface area contributed by atoms with Crippen molar-refractivity contribution < 1.29 is 0 Å². The highest BCUT2D eigenvalue weighted by molar-refractivity contribution is 4.82. The van der Waals surface area contributed by atoms with Crippen LogP contribution in [0.4, 0.5) is 0 Å². The molecule has 0 bridgehead atoms. The van der Waals surface area contributed by atoms with Crippen LogP contribution in [-0.4, -0.2) is 12.6 Å². The van der Waals surface area contributed by atoms with Gasteiger partial charge in [-0.05, 0) is 31.2 Å². The molecule has 1 heteroatoms. The molecule has 1 nitrogen and oxygen atoms in total. The quantitative estimate of drug-likeness (QED) is 0.708. The van der Waals surface area contributed by atoms with Crippen molar-refractivity contribution in [3.63, 3.8) is 0 Å². The molecule has 0 radical (unpaired) electrons. The van der Waals surface area contributed by atoms with Crippen LogP contribution in [0.15, 0.2) is 0 Å². The predicted molar refractivity (Wildman–Crippen MR) is 63.6 cm³/mol. The van der Waals surface area contributed by atoms with Crippen molar-refractivity contribution in [1.82, 2.24) is 5.32 Å². The third-order valence-corrected chi connectivity index (χ3v) is 3.87. The van der Waals surface area contributed by atoms with Crippen molar-refractivity contribution in [2.75, 3.05) is 6.54 Å². The molecule has 0 heterocycles. The zero-order valence-electron chi connectivity index (χ0n) is 10.2. The number of hydrogen-bond donors (Lipinski definition) is 1. The summed E-state index contributed by atoms with van der Waals surface area (Å²) in [5.74, 6) is 0. The van der Waals surface area contributed by atoms with Gasteiger partial charge in [-0.15, -0.1) is 0 Å². The third-order valence-electron chi connectivity index (χ3n) is 3.87. The average molecular weight is 197 g/mol. The van der Waals surface area contributed by atoms with E-state index in [9.17, 15) is 0 Å². The molecule has 0 atom stereocenters. The summed E-state index contributed by atoms with van der Waals surface area (Å²) >= 11 is 0. The van der Waals surface area contributed by atoms with Crippen LogP contribution in [0, 0.1) is 5.41 Å². The van der Waals surface area contributed by atoms with Crippen LogP contribution < -0.4 is 5.32 Å². The molecule has 1 saturated carbocycles. The fourth-order valence-corrected chi connectivity index (χ4v) is 2.71. The van der Waals surface area contributed by atoms with Crippen molar-refractivity contribution in [3.05, 3.63) is 0 Å². The van der Waals surface area contributed by atoms with E-state index in [1.165, 1.54) is 51.5 Å². The Morgan fingerprint density at radius 3 is 2.29 bits per heavy atom. The van der Waals surface area contributed by atoms with Crippen molar-refractivity contribution in [2.45, 2.75) is 71.8 Å². The lowest BCUT2D eigenvalue weighted by Gasteiger charge is -2.37. The highest BCUT2D eigenvalue weighted by Crippen LogP contribution is 2.41. The molecular formula is C13H27N. The van der Waals surface area contributed by atoms with E-state index in [1.807, 2.05) is 0 Å². The van der Waals surface area contributed by atoms with E-state index in [0.29, 0.717) is 11.5 Å². The van der Waals surface area contributed by atoms with Gasteiger partial charge in [-0.1, -0.05) is 46.5 Å². The van der Waals surface area contributed by atoms with E-state index in [1.54, 1.807) is 0 Å². The van der Waals surface area contributed by atoms with Crippen molar-refractivity contribution >= 4 is 0 Å². The Hall–Kier alpha value is -0.0400. The number of rotatable bonds is 5. The minimum absolute atomic E-state index is 0.646. The Labute approximate surface area is 89.7 Å². The summed E-state index contributed by atoms with van der Waals surface area (Å²) in [7, 11) is 0. The largest absolute Gasteiger partial charge is 0.315 e. The van der Waals surface area contributed by atoms with E-state index >= 15 is 0 Å². The van der Waals surface area contributed by atoms with Gasteiger partial charge in [0.05, 0.1) is 0 Å². The Morgan fingerprint density at radius 2 is 1.79 bits per heavy atom. The zero-order chi connectivity index (χ0) is 10.4. The first-order chi connectivity index (χ1) is 6.68. The highest BCUT2D eigenvalue weighted by atomic mass is 14.9. The van der Waals surface area contributed by atoms with Gasteiger partial charge in [-0.2, -0.15) is 0 Å². The van der Waals surface area contributed by atoms with E-state index in [4.69, 9.17) is 0 Å². The molecule has 0 amide bonds. The molecular weight excluding hydrogens is 170 g/mol. The molecule has 14 heavy (non-hydrogen) atoms. The molecule has 84 valence electrons. The number of nitrogens with one attached hydrogen (secondary N) is 1. The molecule has 1 aliphatic rings. The molecule has 0 aliphatic heterocycles. The summed E-state index contributed by atoms with van der Waals surface area (Å²) < 4.78 is 0. The Balaban J connectivity index is 2.29. The molecule has 1 N–H and O–H groups in total. The Bertz CT molecular complexity index is 145. The van der Waals surface area contributed by atoms with E-state index < -0.39 is 0 Å². The second-order valence-electron chi connectivity index (χ2n) is 5.27. The van der Waals surface area contributed by atoms with Gasteiger partial charge in [-0.25, -0.2) is 0 Å². The van der Waals surface area contributed by atoms with E-state index in [-0.39, 0.29) is 0 Å². The zero-order valence-corrected chi connectivity index (χ0v) is 10.2. The topological polar surface area (TPSA) is 12.0 Å². The normalized spacial score (nSPS) is 21.4. The summed E-state index contributed by atoms with van der Waals surface area (Å²) in [4.78, 5) is 0. The van der Waals surface area contributed by atoms with Gasteiger partial charge in [0.15, 0.2) is 0 Å². The SMILES string of the molecule is CCC1(CCNC(C)C)CCCCC1. The van der Waals surface area contributed by atoms with Gasteiger partial charge in [0.2, 0.25) is 0 Å². The lowest BCUT2D eigenvalue weighted by atomic mass is 9.70. The molecule has 0 spiro atoms. The average Bonchev–Trinajstić information content (AvgIpc) is 2.19. The lowest BCUT2D eigenvalue weighted by Crippen LogP contribution is -2.31. The third kappa shape index (κ3) is 3.61. The smallest absolute Gasteiger partial charge is 0.00103 e. The first-order valence-electron chi connectivity index (χ1n) is 6.42. The summed E-state index contributed by atoms with van der Waals surface area (Å²) in [6.45, 7) is 8.06. The minimum atomic E-state index is 0.646. The summed E-state index contributed by atoms with van der Waals surface area (Å²) in [5.41, 5.74) is 0.695. The molecule has 0 aromatic heterocycles. The van der Waals surface area contributed by atoms with Crippen LogP contribution in [0.2, 0.25) is 0 Å². The maximum Gasteiger partial charge on any atom is 0.00103 e. The van der Waals surface area contributed by atoms with Gasteiger partial charge in [0, 0.05) is 6.04 Å². The molecule has 0 aromatic carbocycles. The standard InChI is InChI=1S/C13H27N/c1-4-13(8-6-5-7-9-13)10-11-14-12(2)3/h12,14H,4-11H2,1-3H3. The van der Waals surface area contributed by atoms with Crippen LogP contribution >= 0.6 is 0 Å². The first kappa shape index (κ1) is 12.0. The number of hydrogen-bond acceptors (Lipinski definition) is 1. The van der Waals surface area contributed by atoms with Crippen LogP contribution in [-0.2, 0) is 0 Å². The first-order valence-corrected chi connectivity index (χ1v) is 6.42.